The Bertz CT molecular complexity index is 795. The van der Waals surface area contributed by atoms with Gasteiger partial charge in [-0.2, -0.15) is 8.68 Å². The van der Waals surface area contributed by atoms with E-state index in [1.165, 1.54) is 15.8 Å². The lowest BCUT2D eigenvalue weighted by Gasteiger charge is -2.21. The van der Waals surface area contributed by atoms with E-state index in [1.54, 1.807) is 13.8 Å². The number of hydrogen-bond donors (Lipinski definition) is 0. The molecule has 0 amide bonds. The molecule has 1 aliphatic heterocycles. The summed E-state index contributed by atoms with van der Waals surface area (Å²) >= 11 is 1.37. The van der Waals surface area contributed by atoms with Gasteiger partial charge in [0.2, 0.25) is 15.2 Å². The average molecular weight is 371 g/mol. The van der Waals surface area contributed by atoms with Crippen LogP contribution < -0.4 is 4.90 Å². The summed E-state index contributed by atoms with van der Waals surface area (Å²) in [5.74, 6) is 1.17. The summed E-state index contributed by atoms with van der Waals surface area (Å²) in [7, 11) is -3.59. The predicted molar refractivity (Wildman–Crippen MR) is 90.9 cm³/mol. The predicted octanol–water partition coefficient (Wildman–Crippen LogP) is 1.61. The van der Waals surface area contributed by atoms with Crippen molar-refractivity contribution in [3.05, 3.63) is 17.3 Å². The molecule has 0 aliphatic carbocycles. The second kappa shape index (κ2) is 6.77. The van der Waals surface area contributed by atoms with Gasteiger partial charge in [0.1, 0.15) is 16.4 Å². The van der Waals surface area contributed by atoms with Crippen molar-refractivity contribution < 1.29 is 12.9 Å². The molecular formula is C14H21N5O3S2. The lowest BCUT2D eigenvalue weighted by Crippen LogP contribution is -2.35. The first-order valence-corrected chi connectivity index (χ1v) is 10.2. The third kappa shape index (κ3) is 3.17. The summed E-state index contributed by atoms with van der Waals surface area (Å²) in [4.78, 5) is 6.81. The number of anilines is 1. The first kappa shape index (κ1) is 17.3. The third-order valence-corrected chi connectivity index (χ3v) is 7.02. The summed E-state index contributed by atoms with van der Waals surface area (Å²) in [6.07, 6.45) is 1.54. The molecule has 2 aromatic heterocycles. The zero-order valence-corrected chi connectivity index (χ0v) is 15.7. The first-order valence-electron chi connectivity index (χ1n) is 7.94. The number of hydrogen-bond acceptors (Lipinski definition) is 8. The largest absolute Gasteiger partial charge is 0.360 e. The van der Waals surface area contributed by atoms with Crippen molar-refractivity contribution in [2.75, 3.05) is 31.1 Å². The molecule has 1 fully saturated rings. The molecule has 1 saturated heterocycles. The highest BCUT2D eigenvalue weighted by Crippen LogP contribution is 2.25. The minimum atomic E-state index is -3.59. The molecule has 3 rings (SSSR count). The van der Waals surface area contributed by atoms with Gasteiger partial charge in [0, 0.05) is 44.1 Å². The number of aromatic nitrogens is 3. The summed E-state index contributed by atoms with van der Waals surface area (Å²) in [5, 5.41) is 4.63. The molecule has 0 N–H and O–H groups in total. The Balaban J connectivity index is 1.78. The van der Waals surface area contributed by atoms with Crippen LogP contribution in [0.1, 0.15) is 30.6 Å². The maximum atomic E-state index is 12.9. The highest BCUT2D eigenvalue weighted by atomic mass is 32.2. The smallest absolute Gasteiger partial charge is 0.248 e. The Morgan fingerprint density at radius 2 is 2.00 bits per heavy atom. The van der Waals surface area contributed by atoms with Gasteiger partial charge in [-0.3, -0.25) is 0 Å². The Morgan fingerprint density at radius 3 is 2.62 bits per heavy atom. The van der Waals surface area contributed by atoms with Gasteiger partial charge in [-0.05, 0) is 20.3 Å². The molecule has 0 radical (unpaired) electrons. The van der Waals surface area contributed by atoms with Crippen LogP contribution in [0.2, 0.25) is 0 Å². The first-order chi connectivity index (χ1) is 11.4. The van der Waals surface area contributed by atoms with E-state index in [0.29, 0.717) is 31.1 Å². The van der Waals surface area contributed by atoms with E-state index in [-0.39, 0.29) is 4.90 Å². The summed E-state index contributed by atoms with van der Waals surface area (Å²) < 4.78 is 36.7. The Hall–Kier alpha value is -1.52. The van der Waals surface area contributed by atoms with E-state index in [1.807, 2.05) is 6.92 Å². The van der Waals surface area contributed by atoms with Gasteiger partial charge >= 0.3 is 0 Å². The lowest BCUT2D eigenvalue weighted by atomic mass is 10.4. The van der Waals surface area contributed by atoms with Crippen LogP contribution in [-0.2, 0) is 16.4 Å². The standard InChI is InChI=1S/C14H21N5O3S2/c1-4-12-15-14(23-17-12)18-6-5-7-19(9-8-18)24(20,21)13-10(2)16-22-11(13)3/h4-9H2,1-3H3. The molecular weight excluding hydrogens is 350 g/mol. The molecule has 0 bridgehead atoms. The molecule has 0 spiro atoms. The van der Waals surface area contributed by atoms with E-state index in [2.05, 4.69) is 19.4 Å². The van der Waals surface area contributed by atoms with Gasteiger partial charge in [0.05, 0.1) is 0 Å². The van der Waals surface area contributed by atoms with Gasteiger partial charge in [0.25, 0.3) is 0 Å². The van der Waals surface area contributed by atoms with E-state index in [9.17, 15) is 8.42 Å². The Labute approximate surface area is 145 Å². The van der Waals surface area contributed by atoms with Gasteiger partial charge in [-0.1, -0.05) is 12.1 Å². The van der Waals surface area contributed by atoms with Gasteiger partial charge in [-0.15, -0.1) is 0 Å². The van der Waals surface area contributed by atoms with Crippen molar-refractivity contribution in [1.29, 1.82) is 0 Å². The van der Waals surface area contributed by atoms with Gasteiger partial charge in [-0.25, -0.2) is 13.4 Å². The fourth-order valence-electron chi connectivity index (χ4n) is 2.81. The molecule has 0 unspecified atom stereocenters. The minimum Gasteiger partial charge on any atom is -0.360 e. The van der Waals surface area contributed by atoms with Crippen LogP contribution in [0.5, 0.6) is 0 Å². The quantitative estimate of drug-likeness (QED) is 0.806. The monoisotopic (exact) mass is 371 g/mol. The van der Waals surface area contributed by atoms with Crippen LogP contribution in [0.3, 0.4) is 0 Å². The molecule has 24 heavy (non-hydrogen) atoms. The maximum Gasteiger partial charge on any atom is 0.248 e. The summed E-state index contributed by atoms with van der Waals surface area (Å²) in [5.41, 5.74) is 0.408. The number of sulfonamides is 1. The Kier molecular flexibility index (Phi) is 4.88. The molecule has 3 heterocycles. The topological polar surface area (TPSA) is 92.4 Å². The lowest BCUT2D eigenvalue weighted by molar-refractivity contribution is 0.389. The summed E-state index contributed by atoms with van der Waals surface area (Å²) in [6, 6.07) is 0. The van der Waals surface area contributed by atoms with Crippen LogP contribution in [-0.4, -0.2) is 53.4 Å². The van der Waals surface area contributed by atoms with Crippen molar-refractivity contribution in [3.8, 4) is 0 Å². The van der Waals surface area contributed by atoms with E-state index in [4.69, 9.17) is 4.52 Å². The maximum absolute atomic E-state index is 12.9. The SMILES string of the molecule is CCc1nsc(N2CCCN(S(=O)(=O)c3c(C)noc3C)CC2)n1. The fraction of sp³-hybridized carbons (Fsp3) is 0.643. The molecule has 0 atom stereocenters. The van der Waals surface area contributed by atoms with Crippen LogP contribution in [0.25, 0.3) is 0 Å². The molecule has 8 nitrogen and oxygen atoms in total. The van der Waals surface area contributed by atoms with Crippen LogP contribution in [0, 0.1) is 13.8 Å². The van der Waals surface area contributed by atoms with Crippen molar-refractivity contribution in [1.82, 2.24) is 18.8 Å². The van der Waals surface area contributed by atoms with E-state index >= 15 is 0 Å². The van der Waals surface area contributed by atoms with Crippen molar-refractivity contribution in [2.45, 2.75) is 38.5 Å². The van der Waals surface area contributed by atoms with Crippen molar-refractivity contribution in [3.63, 3.8) is 0 Å². The normalized spacial score (nSPS) is 17.2. The highest BCUT2D eigenvalue weighted by molar-refractivity contribution is 7.89. The van der Waals surface area contributed by atoms with Gasteiger partial charge < -0.3 is 9.42 Å². The second-order valence-electron chi connectivity index (χ2n) is 5.74. The molecule has 0 saturated carbocycles. The molecule has 132 valence electrons. The number of nitrogens with zero attached hydrogens (tertiary/aromatic N) is 5. The van der Waals surface area contributed by atoms with Crippen LogP contribution >= 0.6 is 11.5 Å². The fourth-order valence-corrected chi connectivity index (χ4v) is 5.38. The minimum absolute atomic E-state index is 0.195. The average Bonchev–Trinajstić information content (AvgIpc) is 3.06. The number of aryl methyl sites for hydroxylation is 3. The van der Waals surface area contributed by atoms with Crippen molar-refractivity contribution in [2.24, 2.45) is 0 Å². The second-order valence-corrected chi connectivity index (χ2v) is 8.35. The number of rotatable bonds is 4. The molecule has 2 aromatic rings. The molecule has 0 aromatic carbocycles. The van der Waals surface area contributed by atoms with E-state index < -0.39 is 10.0 Å². The third-order valence-electron chi connectivity index (χ3n) is 4.06. The Morgan fingerprint density at radius 1 is 1.21 bits per heavy atom. The van der Waals surface area contributed by atoms with Crippen LogP contribution in [0.15, 0.2) is 9.42 Å². The zero-order chi connectivity index (χ0) is 17.3. The van der Waals surface area contributed by atoms with Crippen LogP contribution in [0.4, 0.5) is 5.13 Å². The zero-order valence-electron chi connectivity index (χ0n) is 14.0. The van der Waals surface area contributed by atoms with Crippen molar-refractivity contribution >= 4 is 26.7 Å². The van der Waals surface area contributed by atoms with E-state index in [0.717, 1.165) is 30.3 Å². The summed E-state index contributed by atoms with van der Waals surface area (Å²) in [6.45, 7) is 7.56. The van der Waals surface area contributed by atoms with Gasteiger partial charge in [0.15, 0.2) is 5.76 Å². The molecule has 10 heteroatoms. The highest BCUT2D eigenvalue weighted by Gasteiger charge is 2.32. The molecule has 1 aliphatic rings.